The van der Waals surface area contributed by atoms with Crippen molar-refractivity contribution in [3.63, 3.8) is 0 Å². The van der Waals surface area contributed by atoms with Crippen LogP contribution in [0.5, 0.6) is 5.75 Å². The normalized spacial score (nSPS) is 15.9. The van der Waals surface area contributed by atoms with E-state index < -0.39 is 0 Å². The second-order valence-electron chi connectivity index (χ2n) is 6.88. The summed E-state index contributed by atoms with van der Waals surface area (Å²) >= 11 is 0. The molecule has 1 saturated heterocycles. The quantitative estimate of drug-likeness (QED) is 0.772. The van der Waals surface area contributed by atoms with Gasteiger partial charge in [-0.05, 0) is 56.0 Å². The number of benzene rings is 2. The molecule has 3 amide bonds. The minimum atomic E-state index is -0.154. The summed E-state index contributed by atoms with van der Waals surface area (Å²) in [6.45, 7) is 3.20. The molecule has 6 nitrogen and oxygen atoms in total. The fraction of sp³-hybridized carbons (Fsp3) is 0.364. The number of likely N-dealkylation sites (N-methyl/N-ethyl adjacent to an activating group) is 1. The van der Waals surface area contributed by atoms with Crippen molar-refractivity contribution in [1.29, 1.82) is 0 Å². The van der Waals surface area contributed by atoms with Gasteiger partial charge in [-0.3, -0.25) is 4.79 Å². The number of amides is 3. The third-order valence-corrected chi connectivity index (χ3v) is 4.80. The van der Waals surface area contributed by atoms with Crippen molar-refractivity contribution < 1.29 is 14.3 Å². The first-order valence-corrected chi connectivity index (χ1v) is 9.77. The molecule has 0 aliphatic carbocycles. The van der Waals surface area contributed by atoms with Gasteiger partial charge in [0.2, 0.25) is 0 Å². The number of hydrogen-bond donors (Lipinski definition) is 2. The van der Waals surface area contributed by atoms with E-state index in [4.69, 9.17) is 4.74 Å². The summed E-state index contributed by atoms with van der Waals surface area (Å²) in [7, 11) is 0. The van der Waals surface area contributed by atoms with Crippen molar-refractivity contribution in [2.24, 2.45) is 0 Å². The smallest absolute Gasteiger partial charge is 0.322 e. The number of nitrogens with zero attached hydrogens (tertiary/aromatic N) is 1. The molecule has 0 radical (unpaired) electrons. The average molecular weight is 381 g/mol. The lowest BCUT2D eigenvalue weighted by Crippen LogP contribution is -2.39. The predicted molar refractivity (Wildman–Crippen MR) is 110 cm³/mol. The van der Waals surface area contributed by atoms with Gasteiger partial charge in [-0.25, -0.2) is 4.79 Å². The molecule has 0 spiro atoms. The lowest BCUT2D eigenvalue weighted by molar-refractivity contribution is -0.122. The van der Waals surface area contributed by atoms with Gasteiger partial charge in [-0.15, -0.1) is 0 Å². The first kappa shape index (κ1) is 19.7. The molecule has 2 N–H and O–H groups in total. The van der Waals surface area contributed by atoms with Crippen LogP contribution in [0, 0.1) is 0 Å². The number of carbonyl (C=O) groups excluding carboxylic acids is 2. The van der Waals surface area contributed by atoms with E-state index in [1.54, 1.807) is 24.3 Å². The summed E-state index contributed by atoms with van der Waals surface area (Å²) in [4.78, 5) is 26.1. The maximum absolute atomic E-state index is 12.7. The standard InChI is InChI=1S/C22H27N3O3/c1-2-23-21(26)16-28-20-12-10-18(11-13-20)24-22(27)25-14-6-9-19(25)15-17-7-4-3-5-8-17/h3-5,7-8,10-13,19H,2,6,9,14-16H2,1H3,(H,23,26)(H,24,27)/t19-/m0/s1. The molecule has 0 aromatic heterocycles. The predicted octanol–water partition coefficient (Wildman–Crippen LogP) is 3.44. The molecule has 0 unspecified atom stereocenters. The number of hydrogen-bond acceptors (Lipinski definition) is 3. The summed E-state index contributed by atoms with van der Waals surface area (Å²) in [5.41, 5.74) is 1.96. The van der Waals surface area contributed by atoms with Gasteiger partial charge in [-0.1, -0.05) is 30.3 Å². The maximum atomic E-state index is 12.7. The Kier molecular flexibility index (Phi) is 6.89. The molecule has 2 aromatic rings. The molecule has 2 aromatic carbocycles. The van der Waals surface area contributed by atoms with Gasteiger partial charge in [0.15, 0.2) is 6.61 Å². The van der Waals surface area contributed by atoms with Crippen LogP contribution in [0.25, 0.3) is 0 Å². The van der Waals surface area contributed by atoms with Crippen LogP contribution in [-0.4, -0.2) is 42.6 Å². The minimum Gasteiger partial charge on any atom is -0.484 e. The Labute approximate surface area is 165 Å². The summed E-state index contributed by atoms with van der Waals surface area (Å²) in [6, 6.07) is 17.5. The van der Waals surface area contributed by atoms with Crippen molar-refractivity contribution >= 4 is 17.6 Å². The van der Waals surface area contributed by atoms with Gasteiger partial charge in [0.25, 0.3) is 5.91 Å². The SMILES string of the molecule is CCNC(=O)COc1ccc(NC(=O)N2CCC[C@H]2Cc2ccccc2)cc1. The first-order valence-electron chi connectivity index (χ1n) is 9.77. The van der Waals surface area contributed by atoms with Crippen LogP contribution in [0.2, 0.25) is 0 Å². The van der Waals surface area contributed by atoms with Gasteiger partial charge in [0, 0.05) is 24.8 Å². The van der Waals surface area contributed by atoms with Crippen LogP contribution in [0.1, 0.15) is 25.3 Å². The highest BCUT2D eigenvalue weighted by Gasteiger charge is 2.28. The van der Waals surface area contributed by atoms with E-state index in [1.165, 1.54) is 5.56 Å². The fourth-order valence-electron chi connectivity index (χ4n) is 3.43. The Morgan fingerprint density at radius 2 is 1.86 bits per heavy atom. The third kappa shape index (κ3) is 5.49. The van der Waals surface area contributed by atoms with Crippen molar-refractivity contribution in [1.82, 2.24) is 10.2 Å². The Morgan fingerprint density at radius 1 is 1.11 bits per heavy atom. The minimum absolute atomic E-state index is 0.0194. The van der Waals surface area contributed by atoms with E-state index in [9.17, 15) is 9.59 Å². The largest absolute Gasteiger partial charge is 0.484 e. The van der Waals surface area contributed by atoms with Crippen molar-refractivity contribution in [3.05, 3.63) is 60.2 Å². The first-order chi connectivity index (χ1) is 13.7. The average Bonchev–Trinajstić information content (AvgIpc) is 3.17. The fourth-order valence-corrected chi connectivity index (χ4v) is 3.43. The van der Waals surface area contributed by atoms with Crippen molar-refractivity contribution in [2.75, 3.05) is 25.0 Å². The number of urea groups is 1. The van der Waals surface area contributed by atoms with E-state index in [0.717, 1.165) is 25.8 Å². The van der Waals surface area contributed by atoms with Crippen LogP contribution in [0.4, 0.5) is 10.5 Å². The van der Waals surface area contributed by atoms with Crippen LogP contribution in [0.15, 0.2) is 54.6 Å². The molecular weight excluding hydrogens is 354 g/mol. The number of carbonyl (C=O) groups is 2. The van der Waals surface area contributed by atoms with Crippen LogP contribution in [-0.2, 0) is 11.2 Å². The molecule has 3 rings (SSSR count). The molecule has 1 atom stereocenters. The summed E-state index contributed by atoms with van der Waals surface area (Å²) in [6.07, 6.45) is 2.92. The zero-order chi connectivity index (χ0) is 19.8. The lowest BCUT2D eigenvalue weighted by atomic mass is 10.0. The molecule has 28 heavy (non-hydrogen) atoms. The molecule has 6 heteroatoms. The Hall–Kier alpha value is -3.02. The second kappa shape index (κ2) is 9.78. The molecule has 148 valence electrons. The highest BCUT2D eigenvalue weighted by atomic mass is 16.5. The van der Waals surface area contributed by atoms with Gasteiger partial charge in [-0.2, -0.15) is 0 Å². The molecule has 0 bridgehead atoms. The number of likely N-dealkylation sites (tertiary alicyclic amines) is 1. The van der Waals surface area contributed by atoms with Gasteiger partial charge >= 0.3 is 6.03 Å². The van der Waals surface area contributed by atoms with Gasteiger partial charge in [0.05, 0.1) is 0 Å². The number of rotatable bonds is 7. The lowest BCUT2D eigenvalue weighted by Gasteiger charge is -2.25. The molecule has 1 fully saturated rings. The van der Waals surface area contributed by atoms with E-state index in [2.05, 4.69) is 22.8 Å². The molecule has 1 aliphatic rings. The molecule has 0 saturated carbocycles. The van der Waals surface area contributed by atoms with E-state index in [1.807, 2.05) is 30.0 Å². The maximum Gasteiger partial charge on any atom is 0.322 e. The topological polar surface area (TPSA) is 70.7 Å². The van der Waals surface area contributed by atoms with E-state index in [-0.39, 0.29) is 24.6 Å². The summed E-state index contributed by atoms with van der Waals surface area (Å²) in [5.74, 6) is 0.436. The Balaban J connectivity index is 1.52. The van der Waals surface area contributed by atoms with Crippen LogP contribution in [0.3, 0.4) is 0 Å². The monoisotopic (exact) mass is 381 g/mol. The summed E-state index contributed by atoms with van der Waals surface area (Å²) in [5, 5.41) is 5.64. The zero-order valence-electron chi connectivity index (χ0n) is 16.2. The van der Waals surface area contributed by atoms with Crippen LogP contribution >= 0.6 is 0 Å². The zero-order valence-corrected chi connectivity index (χ0v) is 16.2. The van der Waals surface area contributed by atoms with Crippen molar-refractivity contribution in [3.8, 4) is 5.75 Å². The van der Waals surface area contributed by atoms with Gasteiger partial charge < -0.3 is 20.3 Å². The van der Waals surface area contributed by atoms with Gasteiger partial charge in [0.1, 0.15) is 5.75 Å². The highest BCUT2D eigenvalue weighted by Crippen LogP contribution is 2.23. The molecule has 1 heterocycles. The summed E-state index contributed by atoms with van der Waals surface area (Å²) < 4.78 is 5.43. The second-order valence-corrected chi connectivity index (χ2v) is 6.88. The Morgan fingerprint density at radius 3 is 2.57 bits per heavy atom. The van der Waals surface area contributed by atoms with E-state index in [0.29, 0.717) is 18.0 Å². The van der Waals surface area contributed by atoms with Crippen LogP contribution < -0.4 is 15.4 Å². The Bertz CT molecular complexity index is 777. The molecular formula is C22H27N3O3. The van der Waals surface area contributed by atoms with Crippen molar-refractivity contribution in [2.45, 2.75) is 32.2 Å². The molecule has 1 aliphatic heterocycles. The number of anilines is 1. The number of nitrogens with one attached hydrogen (secondary N) is 2. The van der Waals surface area contributed by atoms with E-state index >= 15 is 0 Å². The number of ether oxygens (including phenoxy) is 1. The highest BCUT2D eigenvalue weighted by molar-refractivity contribution is 5.89. The third-order valence-electron chi connectivity index (χ3n) is 4.80.